The quantitative estimate of drug-likeness (QED) is 0.360. The molecule has 2 heterocycles. The van der Waals surface area contributed by atoms with Crippen molar-refractivity contribution >= 4 is 11.9 Å². The normalized spacial score (nSPS) is 12.2. The summed E-state index contributed by atoms with van der Waals surface area (Å²) in [6.07, 6.45) is 1.63. The SMILES string of the molecule is O=C(O)CCC(=O)N(Cc1ccccc1)Cc1cn(-c2ccccc2)nc1-c1ccc2c(c1)OCCO2. The molecule has 0 spiro atoms. The fourth-order valence-corrected chi connectivity index (χ4v) is 4.29. The number of amides is 1. The summed E-state index contributed by atoms with van der Waals surface area (Å²) in [7, 11) is 0. The zero-order valence-corrected chi connectivity index (χ0v) is 20.2. The van der Waals surface area contributed by atoms with Gasteiger partial charge in [-0.3, -0.25) is 9.59 Å². The molecule has 188 valence electrons. The minimum atomic E-state index is -0.998. The molecule has 0 bridgehead atoms. The molecule has 8 nitrogen and oxygen atoms in total. The molecule has 0 radical (unpaired) electrons. The number of aromatic nitrogens is 2. The highest BCUT2D eigenvalue weighted by Crippen LogP contribution is 2.35. The summed E-state index contributed by atoms with van der Waals surface area (Å²) in [5.74, 6) is 0.116. The van der Waals surface area contributed by atoms with Gasteiger partial charge >= 0.3 is 5.97 Å². The molecule has 0 saturated carbocycles. The van der Waals surface area contributed by atoms with Crippen molar-refractivity contribution in [3.63, 3.8) is 0 Å². The largest absolute Gasteiger partial charge is 0.486 e. The van der Waals surface area contributed by atoms with Gasteiger partial charge in [-0.25, -0.2) is 4.68 Å². The second-order valence-corrected chi connectivity index (χ2v) is 8.77. The lowest BCUT2D eigenvalue weighted by Crippen LogP contribution is -2.30. The number of benzene rings is 3. The monoisotopic (exact) mass is 497 g/mol. The Labute approximate surface area is 214 Å². The first-order valence-corrected chi connectivity index (χ1v) is 12.1. The maximum atomic E-state index is 13.2. The van der Waals surface area contributed by atoms with Crippen LogP contribution in [0.15, 0.2) is 85.1 Å². The minimum Gasteiger partial charge on any atom is -0.486 e. The average molecular weight is 498 g/mol. The van der Waals surface area contributed by atoms with Crippen LogP contribution in [0.25, 0.3) is 16.9 Å². The van der Waals surface area contributed by atoms with Crippen LogP contribution in [-0.4, -0.2) is 44.9 Å². The number of carboxylic acids is 1. The molecule has 5 rings (SSSR count). The number of para-hydroxylation sites is 1. The molecule has 0 atom stereocenters. The summed E-state index contributed by atoms with van der Waals surface area (Å²) in [6, 6.07) is 25.1. The summed E-state index contributed by atoms with van der Waals surface area (Å²) < 4.78 is 13.3. The molecule has 1 N–H and O–H groups in total. The fraction of sp³-hybridized carbons (Fsp3) is 0.207. The number of carboxylic acid groups (broad SMARTS) is 1. The van der Waals surface area contributed by atoms with Crippen LogP contribution in [0.1, 0.15) is 24.0 Å². The van der Waals surface area contributed by atoms with Gasteiger partial charge in [-0.2, -0.15) is 5.10 Å². The third-order valence-electron chi connectivity index (χ3n) is 6.11. The summed E-state index contributed by atoms with van der Waals surface area (Å²) in [6.45, 7) is 1.61. The van der Waals surface area contributed by atoms with Crippen LogP contribution < -0.4 is 9.47 Å². The van der Waals surface area contributed by atoms with Crippen LogP contribution in [0.3, 0.4) is 0 Å². The van der Waals surface area contributed by atoms with E-state index in [0.717, 1.165) is 22.4 Å². The molecule has 37 heavy (non-hydrogen) atoms. The van der Waals surface area contributed by atoms with Crippen molar-refractivity contribution in [1.82, 2.24) is 14.7 Å². The van der Waals surface area contributed by atoms with E-state index in [4.69, 9.17) is 19.7 Å². The van der Waals surface area contributed by atoms with Crippen LogP contribution in [0, 0.1) is 0 Å². The van der Waals surface area contributed by atoms with E-state index in [-0.39, 0.29) is 25.3 Å². The third-order valence-corrected chi connectivity index (χ3v) is 6.11. The van der Waals surface area contributed by atoms with Gasteiger partial charge in [0, 0.05) is 36.8 Å². The molecule has 1 amide bonds. The van der Waals surface area contributed by atoms with E-state index in [2.05, 4.69) is 0 Å². The Morgan fingerprint density at radius 2 is 1.57 bits per heavy atom. The number of ether oxygens (including phenoxy) is 2. The number of carbonyl (C=O) groups is 2. The Kier molecular flexibility index (Phi) is 7.16. The molecule has 1 aliphatic heterocycles. The Balaban J connectivity index is 1.52. The van der Waals surface area contributed by atoms with Gasteiger partial charge in [0.15, 0.2) is 11.5 Å². The summed E-state index contributed by atoms with van der Waals surface area (Å²) in [5.41, 5.74) is 4.23. The average Bonchev–Trinajstić information content (AvgIpc) is 3.36. The van der Waals surface area contributed by atoms with Crippen molar-refractivity contribution in [1.29, 1.82) is 0 Å². The first-order chi connectivity index (χ1) is 18.1. The third kappa shape index (κ3) is 5.81. The summed E-state index contributed by atoms with van der Waals surface area (Å²) in [5, 5.41) is 14.0. The lowest BCUT2D eigenvalue weighted by atomic mass is 10.1. The fourth-order valence-electron chi connectivity index (χ4n) is 4.29. The molecule has 0 saturated heterocycles. The number of nitrogens with zero attached hydrogens (tertiary/aromatic N) is 3. The summed E-state index contributed by atoms with van der Waals surface area (Å²) >= 11 is 0. The van der Waals surface area contributed by atoms with Crippen LogP contribution >= 0.6 is 0 Å². The Morgan fingerprint density at radius 1 is 0.865 bits per heavy atom. The Morgan fingerprint density at radius 3 is 2.30 bits per heavy atom. The molecule has 3 aromatic carbocycles. The van der Waals surface area contributed by atoms with Crippen LogP contribution in [-0.2, 0) is 22.7 Å². The van der Waals surface area contributed by atoms with E-state index < -0.39 is 5.97 Å². The van der Waals surface area contributed by atoms with Crippen molar-refractivity contribution in [2.24, 2.45) is 0 Å². The molecule has 1 aliphatic rings. The molecule has 0 fully saturated rings. The molecule has 8 heteroatoms. The highest BCUT2D eigenvalue weighted by Gasteiger charge is 2.22. The molecular weight excluding hydrogens is 470 g/mol. The minimum absolute atomic E-state index is 0.0751. The van der Waals surface area contributed by atoms with Gasteiger partial charge in [0.25, 0.3) is 0 Å². The molecule has 4 aromatic rings. The number of aliphatic carboxylic acids is 1. The van der Waals surface area contributed by atoms with Gasteiger partial charge in [-0.1, -0.05) is 48.5 Å². The van der Waals surface area contributed by atoms with E-state index in [1.807, 2.05) is 85.1 Å². The van der Waals surface area contributed by atoms with Crippen LogP contribution in [0.4, 0.5) is 0 Å². The van der Waals surface area contributed by atoms with Gasteiger partial charge in [0.05, 0.1) is 17.8 Å². The van der Waals surface area contributed by atoms with Crippen LogP contribution in [0.5, 0.6) is 11.5 Å². The maximum Gasteiger partial charge on any atom is 0.303 e. The highest BCUT2D eigenvalue weighted by molar-refractivity contribution is 5.81. The Bertz CT molecular complexity index is 1390. The second-order valence-electron chi connectivity index (χ2n) is 8.77. The molecule has 0 unspecified atom stereocenters. The second kappa shape index (κ2) is 11.0. The number of rotatable bonds is 9. The molecule has 1 aromatic heterocycles. The topological polar surface area (TPSA) is 93.9 Å². The van der Waals surface area contributed by atoms with Gasteiger partial charge < -0.3 is 19.5 Å². The van der Waals surface area contributed by atoms with Crippen molar-refractivity contribution in [2.45, 2.75) is 25.9 Å². The van der Waals surface area contributed by atoms with E-state index in [0.29, 0.717) is 37.0 Å². The van der Waals surface area contributed by atoms with Crippen molar-refractivity contribution in [3.05, 3.63) is 96.2 Å². The Hall–Kier alpha value is -4.59. The molecule has 0 aliphatic carbocycles. The number of carbonyl (C=O) groups excluding carboxylic acids is 1. The number of hydrogen-bond acceptors (Lipinski definition) is 5. The predicted molar refractivity (Wildman–Crippen MR) is 138 cm³/mol. The molecular formula is C29H27N3O5. The highest BCUT2D eigenvalue weighted by atomic mass is 16.6. The smallest absolute Gasteiger partial charge is 0.303 e. The summed E-state index contributed by atoms with van der Waals surface area (Å²) in [4.78, 5) is 26.0. The van der Waals surface area contributed by atoms with Crippen molar-refractivity contribution < 1.29 is 24.2 Å². The van der Waals surface area contributed by atoms with Gasteiger partial charge in [-0.05, 0) is 35.9 Å². The van der Waals surface area contributed by atoms with Crippen molar-refractivity contribution in [3.8, 4) is 28.4 Å². The van der Waals surface area contributed by atoms with Crippen LogP contribution in [0.2, 0.25) is 0 Å². The van der Waals surface area contributed by atoms with E-state index in [9.17, 15) is 9.59 Å². The van der Waals surface area contributed by atoms with E-state index >= 15 is 0 Å². The van der Waals surface area contributed by atoms with Gasteiger partial charge in [-0.15, -0.1) is 0 Å². The van der Waals surface area contributed by atoms with E-state index in [1.54, 1.807) is 9.58 Å². The zero-order chi connectivity index (χ0) is 25.6. The van der Waals surface area contributed by atoms with Gasteiger partial charge in [0.1, 0.15) is 13.2 Å². The first kappa shape index (κ1) is 24.1. The number of fused-ring (bicyclic) bond motifs is 1. The predicted octanol–water partition coefficient (Wildman–Crippen LogP) is 4.70. The lowest BCUT2D eigenvalue weighted by molar-refractivity contribution is -0.141. The lowest BCUT2D eigenvalue weighted by Gasteiger charge is -2.23. The standard InChI is InChI=1S/C29H27N3O5/c33-27(13-14-28(34)35)31(18-21-7-3-1-4-8-21)19-23-20-32(24-9-5-2-6-10-24)30-29(23)22-11-12-25-26(17-22)37-16-15-36-25/h1-12,17,20H,13-16,18-19H2,(H,34,35). The van der Waals surface area contributed by atoms with E-state index in [1.165, 1.54) is 0 Å². The zero-order valence-electron chi connectivity index (χ0n) is 20.2. The first-order valence-electron chi connectivity index (χ1n) is 12.1. The maximum absolute atomic E-state index is 13.2. The van der Waals surface area contributed by atoms with Gasteiger partial charge in [0.2, 0.25) is 5.91 Å². The van der Waals surface area contributed by atoms with Crippen molar-refractivity contribution in [2.75, 3.05) is 13.2 Å². The number of hydrogen-bond donors (Lipinski definition) is 1.